The number of nitrogens with zero attached hydrogens (tertiary/aromatic N) is 5. The summed E-state index contributed by atoms with van der Waals surface area (Å²) >= 11 is 0. The Hall–Kier alpha value is -1.82. The summed E-state index contributed by atoms with van der Waals surface area (Å²) in [6.45, 7) is 7.85. The Balaban J connectivity index is 2.10. The van der Waals surface area contributed by atoms with Crippen molar-refractivity contribution in [1.29, 1.82) is 0 Å². The molecule has 2 rings (SSSR count). The number of hydrogen-bond acceptors (Lipinski definition) is 5. The van der Waals surface area contributed by atoms with E-state index in [4.69, 9.17) is 9.97 Å². The van der Waals surface area contributed by atoms with Crippen molar-refractivity contribution in [3.63, 3.8) is 0 Å². The Morgan fingerprint density at radius 3 is 1.31 bits per heavy atom. The quantitative estimate of drug-likeness (QED) is 0.691. The molecular formula is C21H33N5. The highest BCUT2D eigenvalue weighted by Gasteiger charge is 2.13. The van der Waals surface area contributed by atoms with Gasteiger partial charge in [0.05, 0.1) is 22.8 Å². The first-order chi connectivity index (χ1) is 12.3. The summed E-state index contributed by atoms with van der Waals surface area (Å²) in [5.41, 5.74) is 4.45. The van der Waals surface area contributed by atoms with Crippen molar-refractivity contribution in [2.75, 3.05) is 28.2 Å². The average Bonchev–Trinajstić information content (AvgIpc) is 2.53. The zero-order valence-electron chi connectivity index (χ0n) is 17.1. The minimum atomic E-state index is 0.425. The van der Waals surface area contributed by atoms with Crippen LogP contribution in [0, 0.1) is 0 Å². The van der Waals surface area contributed by atoms with Crippen molar-refractivity contribution in [3.8, 4) is 0 Å². The molecule has 5 nitrogen and oxygen atoms in total. The largest absolute Gasteiger partial charge is 0.304 e. The predicted octanol–water partition coefficient (Wildman–Crippen LogP) is 3.01. The first-order valence-corrected chi connectivity index (χ1v) is 9.26. The minimum absolute atomic E-state index is 0.425. The molecule has 0 aliphatic carbocycles. The molecule has 0 fully saturated rings. The summed E-state index contributed by atoms with van der Waals surface area (Å²) in [6, 6.07) is 13.1. The van der Waals surface area contributed by atoms with Gasteiger partial charge in [-0.2, -0.15) is 0 Å². The fourth-order valence-electron chi connectivity index (χ4n) is 2.90. The maximum Gasteiger partial charge on any atom is 0.0548 e. The molecule has 0 N–H and O–H groups in total. The van der Waals surface area contributed by atoms with Gasteiger partial charge in [-0.25, -0.2) is 0 Å². The van der Waals surface area contributed by atoms with Crippen LogP contribution in [0.1, 0.15) is 36.6 Å². The predicted molar refractivity (Wildman–Crippen MR) is 108 cm³/mol. The summed E-state index contributed by atoms with van der Waals surface area (Å²) in [7, 11) is 8.28. The fourth-order valence-corrected chi connectivity index (χ4v) is 2.90. The van der Waals surface area contributed by atoms with E-state index in [0.29, 0.717) is 6.04 Å². The van der Waals surface area contributed by atoms with E-state index in [0.717, 1.165) is 49.0 Å². The number of hydrogen-bond donors (Lipinski definition) is 0. The Bertz CT molecular complexity index is 626. The van der Waals surface area contributed by atoms with Gasteiger partial charge in [0, 0.05) is 32.2 Å². The van der Waals surface area contributed by atoms with Crippen molar-refractivity contribution < 1.29 is 0 Å². The van der Waals surface area contributed by atoms with Crippen LogP contribution in [-0.4, -0.2) is 58.9 Å². The van der Waals surface area contributed by atoms with E-state index < -0.39 is 0 Å². The standard InChI is InChI=1S/C21H33N5/c1-17(2)26(15-20-11-7-9-18(22-20)13-24(3)4)16-21-12-8-10-19(23-21)14-25(5)6/h7-12,17H,13-16H2,1-6H3. The highest BCUT2D eigenvalue weighted by atomic mass is 15.2. The maximum atomic E-state index is 4.82. The zero-order chi connectivity index (χ0) is 19.1. The molecule has 26 heavy (non-hydrogen) atoms. The topological polar surface area (TPSA) is 35.5 Å². The van der Waals surface area contributed by atoms with Crippen molar-refractivity contribution in [1.82, 2.24) is 24.7 Å². The van der Waals surface area contributed by atoms with Gasteiger partial charge < -0.3 is 9.80 Å². The van der Waals surface area contributed by atoms with Crippen molar-refractivity contribution >= 4 is 0 Å². The van der Waals surface area contributed by atoms with Crippen LogP contribution in [0.2, 0.25) is 0 Å². The molecule has 142 valence electrons. The number of pyridine rings is 2. The Kier molecular flexibility index (Phi) is 7.69. The Morgan fingerprint density at radius 1 is 0.654 bits per heavy atom. The highest BCUT2D eigenvalue weighted by molar-refractivity contribution is 5.13. The van der Waals surface area contributed by atoms with Gasteiger partial charge in [-0.15, -0.1) is 0 Å². The molecule has 0 amide bonds. The fraction of sp³-hybridized carbons (Fsp3) is 0.524. The molecule has 0 aliphatic rings. The Morgan fingerprint density at radius 2 is 1.00 bits per heavy atom. The first kappa shape index (κ1) is 20.5. The van der Waals surface area contributed by atoms with E-state index in [1.165, 1.54) is 0 Å². The van der Waals surface area contributed by atoms with Gasteiger partial charge in [-0.1, -0.05) is 12.1 Å². The van der Waals surface area contributed by atoms with E-state index in [9.17, 15) is 0 Å². The van der Waals surface area contributed by atoms with Gasteiger partial charge in [0.15, 0.2) is 0 Å². The maximum absolute atomic E-state index is 4.82. The average molecular weight is 356 g/mol. The van der Waals surface area contributed by atoms with E-state index in [1.807, 2.05) is 0 Å². The molecule has 5 heteroatoms. The van der Waals surface area contributed by atoms with Crippen molar-refractivity contribution in [3.05, 3.63) is 59.2 Å². The van der Waals surface area contributed by atoms with Crippen LogP contribution in [0.4, 0.5) is 0 Å². The van der Waals surface area contributed by atoms with Crippen LogP contribution in [0.5, 0.6) is 0 Å². The third kappa shape index (κ3) is 6.83. The van der Waals surface area contributed by atoms with Crippen LogP contribution in [0.15, 0.2) is 36.4 Å². The van der Waals surface area contributed by atoms with Crippen LogP contribution in [-0.2, 0) is 26.2 Å². The van der Waals surface area contributed by atoms with Gasteiger partial charge in [-0.05, 0) is 66.3 Å². The molecule has 0 saturated heterocycles. The monoisotopic (exact) mass is 355 g/mol. The van der Waals surface area contributed by atoms with Crippen LogP contribution in [0.3, 0.4) is 0 Å². The lowest BCUT2D eigenvalue weighted by Crippen LogP contribution is -2.31. The second-order valence-corrected chi connectivity index (χ2v) is 7.71. The van der Waals surface area contributed by atoms with Gasteiger partial charge >= 0.3 is 0 Å². The minimum Gasteiger partial charge on any atom is -0.304 e. The third-order valence-electron chi connectivity index (χ3n) is 4.15. The Labute approximate surface area is 158 Å². The molecule has 0 saturated carbocycles. The second-order valence-electron chi connectivity index (χ2n) is 7.71. The normalized spacial score (nSPS) is 11.9. The molecule has 0 bridgehead atoms. The molecule has 0 radical (unpaired) electrons. The van der Waals surface area contributed by atoms with Crippen molar-refractivity contribution in [2.45, 2.75) is 46.1 Å². The van der Waals surface area contributed by atoms with Crippen LogP contribution >= 0.6 is 0 Å². The summed E-state index contributed by atoms with van der Waals surface area (Å²) in [6.07, 6.45) is 0. The van der Waals surface area contributed by atoms with E-state index >= 15 is 0 Å². The van der Waals surface area contributed by atoms with E-state index in [2.05, 4.69) is 93.1 Å². The molecule has 2 aromatic rings. The summed E-state index contributed by atoms with van der Waals surface area (Å²) in [5.74, 6) is 0. The summed E-state index contributed by atoms with van der Waals surface area (Å²) in [5, 5.41) is 0. The van der Waals surface area contributed by atoms with Crippen molar-refractivity contribution in [2.24, 2.45) is 0 Å². The third-order valence-corrected chi connectivity index (χ3v) is 4.15. The molecule has 2 heterocycles. The molecule has 0 aromatic carbocycles. The highest BCUT2D eigenvalue weighted by Crippen LogP contribution is 2.13. The lowest BCUT2D eigenvalue weighted by atomic mass is 10.2. The lowest BCUT2D eigenvalue weighted by Gasteiger charge is -2.26. The van der Waals surface area contributed by atoms with Crippen LogP contribution < -0.4 is 0 Å². The molecule has 2 aromatic heterocycles. The van der Waals surface area contributed by atoms with Gasteiger partial charge in [-0.3, -0.25) is 14.9 Å². The molecule has 0 spiro atoms. The smallest absolute Gasteiger partial charge is 0.0548 e. The molecule has 0 atom stereocenters. The number of rotatable bonds is 9. The van der Waals surface area contributed by atoms with Gasteiger partial charge in [0.25, 0.3) is 0 Å². The second kappa shape index (κ2) is 9.76. The van der Waals surface area contributed by atoms with E-state index in [-0.39, 0.29) is 0 Å². The zero-order valence-corrected chi connectivity index (χ0v) is 17.1. The number of aromatic nitrogens is 2. The molecule has 0 unspecified atom stereocenters. The molecular weight excluding hydrogens is 322 g/mol. The molecule has 0 aliphatic heterocycles. The summed E-state index contributed by atoms with van der Waals surface area (Å²) in [4.78, 5) is 16.4. The SMILES string of the molecule is CC(C)N(Cc1cccc(CN(C)C)n1)Cc1cccc(CN(C)C)n1. The van der Waals surface area contributed by atoms with Crippen LogP contribution in [0.25, 0.3) is 0 Å². The first-order valence-electron chi connectivity index (χ1n) is 9.26. The lowest BCUT2D eigenvalue weighted by molar-refractivity contribution is 0.198. The van der Waals surface area contributed by atoms with Gasteiger partial charge in [0.2, 0.25) is 0 Å². The van der Waals surface area contributed by atoms with Gasteiger partial charge in [0.1, 0.15) is 0 Å². The summed E-state index contributed by atoms with van der Waals surface area (Å²) < 4.78 is 0. The van der Waals surface area contributed by atoms with E-state index in [1.54, 1.807) is 0 Å².